The summed E-state index contributed by atoms with van der Waals surface area (Å²) in [7, 11) is 2.21. The van der Waals surface area contributed by atoms with Gasteiger partial charge in [0.2, 0.25) is 0 Å². The summed E-state index contributed by atoms with van der Waals surface area (Å²) in [6.07, 6.45) is 1.33. The first-order valence-electron chi connectivity index (χ1n) is 5.86. The standard InChI is InChI=1S/C12H18N4/c1-15-6-5-12(15)8-16(9-12)11-4-2-3-10(7-13)14-11/h2-4H,5-9,13H2,1H3. The lowest BCUT2D eigenvalue weighted by Gasteiger charge is -2.62. The molecule has 0 amide bonds. The maximum atomic E-state index is 5.60. The fraction of sp³-hybridized carbons (Fsp3) is 0.583. The molecule has 16 heavy (non-hydrogen) atoms. The predicted molar refractivity (Wildman–Crippen MR) is 64.3 cm³/mol. The van der Waals surface area contributed by atoms with E-state index in [2.05, 4.69) is 27.9 Å². The van der Waals surface area contributed by atoms with Crippen LogP contribution in [0.1, 0.15) is 12.1 Å². The number of nitrogens with two attached hydrogens (primary N) is 1. The van der Waals surface area contributed by atoms with E-state index in [1.165, 1.54) is 13.0 Å². The molecule has 0 unspecified atom stereocenters. The number of hydrogen-bond donors (Lipinski definition) is 1. The molecule has 4 heteroatoms. The van der Waals surface area contributed by atoms with Crippen LogP contribution in [-0.4, -0.2) is 42.1 Å². The van der Waals surface area contributed by atoms with Crippen LogP contribution >= 0.6 is 0 Å². The van der Waals surface area contributed by atoms with Crippen molar-refractivity contribution in [3.63, 3.8) is 0 Å². The van der Waals surface area contributed by atoms with Gasteiger partial charge in [-0.25, -0.2) is 4.98 Å². The Morgan fingerprint density at radius 2 is 2.25 bits per heavy atom. The van der Waals surface area contributed by atoms with Gasteiger partial charge < -0.3 is 10.6 Å². The average Bonchev–Trinajstić information content (AvgIpc) is 2.26. The number of anilines is 1. The third-order valence-corrected chi connectivity index (χ3v) is 4.02. The molecule has 1 aromatic heterocycles. The van der Waals surface area contributed by atoms with E-state index in [1.807, 2.05) is 12.1 Å². The molecule has 2 aliphatic heterocycles. The van der Waals surface area contributed by atoms with Gasteiger partial charge >= 0.3 is 0 Å². The van der Waals surface area contributed by atoms with Gasteiger partial charge in [-0.2, -0.15) is 0 Å². The first-order chi connectivity index (χ1) is 7.73. The topological polar surface area (TPSA) is 45.4 Å². The van der Waals surface area contributed by atoms with Gasteiger partial charge in [0.05, 0.1) is 11.2 Å². The van der Waals surface area contributed by atoms with Crippen molar-refractivity contribution >= 4 is 5.82 Å². The fourth-order valence-corrected chi connectivity index (χ4v) is 2.63. The predicted octanol–water partition coefficient (Wildman–Crippen LogP) is 0.435. The van der Waals surface area contributed by atoms with Crippen LogP contribution in [0, 0.1) is 0 Å². The van der Waals surface area contributed by atoms with E-state index < -0.39 is 0 Å². The highest BCUT2D eigenvalue weighted by Crippen LogP contribution is 2.39. The second-order valence-electron chi connectivity index (χ2n) is 4.94. The number of aromatic nitrogens is 1. The zero-order chi connectivity index (χ0) is 11.2. The molecule has 0 aliphatic carbocycles. The SMILES string of the molecule is CN1CCC12CN(c1cccc(CN)n1)C2. The van der Waals surface area contributed by atoms with Crippen LogP contribution in [0.4, 0.5) is 5.82 Å². The number of likely N-dealkylation sites (tertiary alicyclic amines) is 1. The van der Waals surface area contributed by atoms with Crippen LogP contribution < -0.4 is 10.6 Å². The number of pyridine rings is 1. The van der Waals surface area contributed by atoms with E-state index in [4.69, 9.17) is 5.73 Å². The van der Waals surface area contributed by atoms with Crippen molar-refractivity contribution in [2.75, 3.05) is 31.6 Å². The summed E-state index contributed by atoms with van der Waals surface area (Å²) >= 11 is 0. The number of hydrogen-bond acceptors (Lipinski definition) is 4. The van der Waals surface area contributed by atoms with E-state index in [-0.39, 0.29) is 0 Å². The lowest BCUT2D eigenvalue weighted by Crippen LogP contribution is -2.76. The molecule has 0 atom stereocenters. The van der Waals surface area contributed by atoms with E-state index in [0.29, 0.717) is 12.1 Å². The Hall–Kier alpha value is -1.13. The molecule has 4 nitrogen and oxygen atoms in total. The van der Waals surface area contributed by atoms with Gasteiger partial charge in [0.25, 0.3) is 0 Å². The van der Waals surface area contributed by atoms with Gasteiger partial charge in [0.1, 0.15) is 5.82 Å². The van der Waals surface area contributed by atoms with Crippen LogP contribution in [0.15, 0.2) is 18.2 Å². The Balaban J connectivity index is 1.71. The molecule has 3 rings (SSSR count). The molecule has 2 aliphatic rings. The van der Waals surface area contributed by atoms with Crippen molar-refractivity contribution in [2.45, 2.75) is 18.5 Å². The Morgan fingerprint density at radius 3 is 2.81 bits per heavy atom. The summed E-state index contributed by atoms with van der Waals surface area (Å²) < 4.78 is 0. The molecule has 1 spiro atoms. The monoisotopic (exact) mass is 218 g/mol. The Morgan fingerprint density at radius 1 is 1.44 bits per heavy atom. The first kappa shape index (κ1) is 10.1. The summed E-state index contributed by atoms with van der Waals surface area (Å²) in [5.74, 6) is 1.08. The van der Waals surface area contributed by atoms with Crippen molar-refractivity contribution in [2.24, 2.45) is 5.73 Å². The molecule has 3 heterocycles. The van der Waals surface area contributed by atoms with Gasteiger partial charge in [-0.3, -0.25) is 4.90 Å². The molecular weight excluding hydrogens is 200 g/mol. The summed E-state index contributed by atoms with van der Waals surface area (Å²) in [6.45, 7) is 3.99. The van der Waals surface area contributed by atoms with Crippen molar-refractivity contribution in [3.05, 3.63) is 23.9 Å². The smallest absolute Gasteiger partial charge is 0.128 e. The van der Waals surface area contributed by atoms with E-state index in [0.717, 1.165) is 24.6 Å². The second-order valence-corrected chi connectivity index (χ2v) is 4.94. The van der Waals surface area contributed by atoms with Crippen molar-refractivity contribution in [1.82, 2.24) is 9.88 Å². The van der Waals surface area contributed by atoms with E-state index >= 15 is 0 Å². The highest BCUT2D eigenvalue weighted by atomic mass is 15.4. The molecular formula is C12H18N4. The molecule has 0 saturated carbocycles. The normalized spacial score (nSPS) is 23.0. The highest BCUT2D eigenvalue weighted by molar-refractivity contribution is 5.46. The minimum Gasteiger partial charge on any atom is -0.353 e. The van der Waals surface area contributed by atoms with E-state index in [1.54, 1.807) is 0 Å². The lowest BCUT2D eigenvalue weighted by molar-refractivity contribution is -0.0131. The second kappa shape index (κ2) is 3.43. The third-order valence-electron chi connectivity index (χ3n) is 4.02. The van der Waals surface area contributed by atoms with Crippen LogP contribution in [0.5, 0.6) is 0 Å². The van der Waals surface area contributed by atoms with Crippen LogP contribution in [0.25, 0.3) is 0 Å². The summed E-state index contributed by atoms with van der Waals surface area (Å²) in [5.41, 5.74) is 7.03. The minimum atomic E-state index is 0.459. The van der Waals surface area contributed by atoms with Gasteiger partial charge in [-0.1, -0.05) is 6.07 Å². The maximum Gasteiger partial charge on any atom is 0.128 e. The quantitative estimate of drug-likeness (QED) is 0.782. The van der Waals surface area contributed by atoms with Crippen molar-refractivity contribution in [3.8, 4) is 0 Å². The largest absolute Gasteiger partial charge is 0.353 e. The van der Waals surface area contributed by atoms with Crippen LogP contribution in [0.2, 0.25) is 0 Å². The first-order valence-corrected chi connectivity index (χ1v) is 5.86. The highest BCUT2D eigenvalue weighted by Gasteiger charge is 2.51. The Bertz CT molecular complexity index is 398. The van der Waals surface area contributed by atoms with E-state index in [9.17, 15) is 0 Å². The van der Waals surface area contributed by atoms with Gasteiger partial charge in [0.15, 0.2) is 0 Å². The fourth-order valence-electron chi connectivity index (χ4n) is 2.63. The zero-order valence-corrected chi connectivity index (χ0v) is 9.69. The van der Waals surface area contributed by atoms with Crippen LogP contribution in [-0.2, 0) is 6.54 Å². The summed E-state index contributed by atoms with van der Waals surface area (Å²) in [5, 5.41) is 0. The molecule has 2 saturated heterocycles. The Labute approximate surface area is 96.1 Å². The van der Waals surface area contributed by atoms with Crippen molar-refractivity contribution in [1.29, 1.82) is 0 Å². The number of rotatable bonds is 2. The lowest BCUT2D eigenvalue weighted by atomic mass is 9.78. The Kier molecular flexibility index (Phi) is 2.16. The molecule has 0 radical (unpaired) electrons. The van der Waals surface area contributed by atoms with Gasteiger partial charge in [-0.15, -0.1) is 0 Å². The molecule has 0 bridgehead atoms. The average molecular weight is 218 g/mol. The molecule has 2 N–H and O–H groups in total. The third kappa shape index (κ3) is 1.33. The summed E-state index contributed by atoms with van der Waals surface area (Å²) in [4.78, 5) is 9.34. The van der Waals surface area contributed by atoms with Crippen molar-refractivity contribution < 1.29 is 0 Å². The molecule has 0 aromatic carbocycles. The zero-order valence-electron chi connectivity index (χ0n) is 9.69. The van der Waals surface area contributed by atoms with Gasteiger partial charge in [-0.05, 0) is 25.6 Å². The maximum absolute atomic E-state index is 5.60. The number of likely N-dealkylation sites (N-methyl/N-ethyl adjacent to an activating group) is 1. The number of nitrogens with zero attached hydrogens (tertiary/aromatic N) is 3. The summed E-state index contributed by atoms with van der Waals surface area (Å²) in [6, 6.07) is 6.10. The van der Waals surface area contributed by atoms with Crippen LogP contribution in [0.3, 0.4) is 0 Å². The minimum absolute atomic E-state index is 0.459. The molecule has 1 aromatic rings. The molecule has 86 valence electrons. The van der Waals surface area contributed by atoms with Gasteiger partial charge in [0, 0.05) is 26.2 Å². The molecule has 2 fully saturated rings.